The first kappa shape index (κ1) is 15.6. The summed E-state index contributed by atoms with van der Waals surface area (Å²) in [6.45, 7) is 0. The fourth-order valence-corrected chi connectivity index (χ4v) is 0. The summed E-state index contributed by atoms with van der Waals surface area (Å²) in [5.74, 6) is 0. The molecular weight excluding hydrogens is 384 g/mol. The van der Waals surface area contributed by atoms with E-state index in [4.69, 9.17) is 14.4 Å². The van der Waals surface area contributed by atoms with E-state index in [-0.39, 0.29) is 47.3 Å². The topological polar surface area (TPSA) is 57.5 Å². The second-order valence-corrected chi connectivity index (χ2v) is 0.848. The SMILES string of the molecule is O=[PH](O)O.[BiH3].[Mo]. The minimum atomic E-state index is -3.13. The monoisotopic (exact) mass is 392 g/mol. The average Bonchev–Trinajstić information content (AvgIpc) is 0.811. The Kier molecular flexibility index (Phi) is 25.7. The third-order valence-electron chi connectivity index (χ3n) is 0. The second-order valence-electron chi connectivity index (χ2n) is 0.283. The first-order valence-electron chi connectivity index (χ1n) is 0.651. The van der Waals surface area contributed by atoms with Crippen LogP contribution in [0.4, 0.5) is 0 Å². The summed E-state index contributed by atoms with van der Waals surface area (Å²) in [5, 5.41) is 0. The molecule has 0 spiro atoms. The van der Waals surface area contributed by atoms with Gasteiger partial charge in [0.05, 0.1) is 0 Å². The van der Waals surface area contributed by atoms with Gasteiger partial charge in [0.2, 0.25) is 0 Å². The molecular formula is H6BiMoO3P. The van der Waals surface area contributed by atoms with Crippen molar-refractivity contribution in [3.05, 3.63) is 0 Å². The van der Waals surface area contributed by atoms with Gasteiger partial charge < -0.3 is 9.79 Å². The van der Waals surface area contributed by atoms with Gasteiger partial charge in [-0.2, -0.15) is 0 Å². The Hall–Kier alpha value is 1.72. The quantitative estimate of drug-likeness (QED) is 0.379. The fraction of sp³-hybridized carbons (Fsp3) is 0. The van der Waals surface area contributed by atoms with E-state index in [0.717, 1.165) is 0 Å². The van der Waals surface area contributed by atoms with Crippen molar-refractivity contribution in [2.75, 3.05) is 0 Å². The van der Waals surface area contributed by atoms with Gasteiger partial charge in [-0.15, -0.1) is 0 Å². The Balaban J connectivity index is -0.0000000450. The van der Waals surface area contributed by atoms with Crippen molar-refractivity contribution in [3.63, 3.8) is 0 Å². The molecule has 0 fully saturated rings. The van der Waals surface area contributed by atoms with Gasteiger partial charge in [0.25, 0.3) is 0 Å². The molecule has 0 aliphatic heterocycles. The predicted octanol–water partition coefficient (Wildman–Crippen LogP) is -1.83. The number of rotatable bonds is 0. The maximum absolute atomic E-state index is 8.74. The maximum Gasteiger partial charge on any atom is 0 e. The Morgan fingerprint density at radius 3 is 1.33 bits per heavy atom. The molecule has 0 rings (SSSR count). The third-order valence-corrected chi connectivity index (χ3v) is 0. The zero-order valence-electron chi connectivity index (χ0n) is 2.92. The van der Waals surface area contributed by atoms with Gasteiger partial charge in [0.15, 0.2) is 0 Å². The molecule has 40 valence electrons. The molecule has 0 atom stereocenters. The Bertz CT molecular complexity index is 33.8. The van der Waals surface area contributed by atoms with Crippen molar-refractivity contribution in [2.24, 2.45) is 0 Å². The minimum absolute atomic E-state index is 0. The normalized spacial score (nSPS) is 5.83. The summed E-state index contributed by atoms with van der Waals surface area (Å²) in [6.07, 6.45) is 0. The molecule has 0 saturated heterocycles. The molecule has 0 amide bonds. The van der Waals surface area contributed by atoms with E-state index >= 15 is 0 Å². The van der Waals surface area contributed by atoms with Crippen LogP contribution in [0.1, 0.15) is 0 Å². The summed E-state index contributed by atoms with van der Waals surface area (Å²) in [7, 11) is -3.13. The molecule has 0 aliphatic rings. The summed E-state index contributed by atoms with van der Waals surface area (Å²) >= 11 is 0. The molecule has 0 saturated carbocycles. The molecule has 0 aromatic rings. The molecule has 0 radical (unpaired) electrons. The first-order chi connectivity index (χ1) is 1.73. The van der Waals surface area contributed by atoms with Crippen LogP contribution in [0.2, 0.25) is 0 Å². The van der Waals surface area contributed by atoms with Crippen molar-refractivity contribution < 1.29 is 35.4 Å². The van der Waals surface area contributed by atoms with Crippen LogP contribution >= 0.6 is 8.25 Å². The number of hydrogen-bond acceptors (Lipinski definition) is 1. The largest absolute Gasteiger partial charge is 0 e. The third kappa shape index (κ3) is 43.0. The second kappa shape index (κ2) is 9.87. The van der Waals surface area contributed by atoms with Crippen LogP contribution in [0.5, 0.6) is 0 Å². The Labute approximate surface area is 69.5 Å². The molecule has 3 nitrogen and oxygen atoms in total. The summed E-state index contributed by atoms with van der Waals surface area (Å²) in [4.78, 5) is 14.3. The maximum atomic E-state index is 8.74. The van der Waals surface area contributed by atoms with Gasteiger partial charge in [-0.05, 0) is 0 Å². The van der Waals surface area contributed by atoms with E-state index in [0.29, 0.717) is 0 Å². The van der Waals surface area contributed by atoms with Crippen LogP contribution in [-0.2, 0) is 25.6 Å². The Morgan fingerprint density at radius 2 is 1.33 bits per heavy atom. The molecule has 0 aromatic carbocycles. The van der Waals surface area contributed by atoms with E-state index in [1.807, 2.05) is 0 Å². The minimum Gasteiger partial charge on any atom is 0 e. The Morgan fingerprint density at radius 1 is 1.33 bits per heavy atom. The van der Waals surface area contributed by atoms with Crippen LogP contribution in [-0.4, -0.2) is 36.0 Å². The molecule has 2 N–H and O–H groups in total. The van der Waals surface area contributed by atoms with E-state index in [1.54, 1.807) is 0 Å². The zero-order valence-corrected chi connectivity index (χ0v) is 11.4. The van der Waals surface area contributed by atoms with Crippen LogP contribution < -0.4 is 0 Å². The van der Waals surface area contributed by atoms with Gasteiger partial charge >= 0.3 is 34.5 Å². The smallest absolute Gasteiger partial charge is 0 e. The fourth-order valence-electron chi connectivity index (χ4n) is 0. The summed E-state index contributed by atoms with van der Waals surface area (Å²) in [6, 6.07) is 0. The number of hydrogen-bond donors (Lipinski definition) is 2. The molecule has 6 heteroatoms. The van der Waals surface area contributed by atoms with E-state index in [2.05, 4.69) is 0 Å². The van der Waals surface area contributed by atoms with Crippen LogP contribution in [0.3, 0.4) is 0 Å². The zero-order chi connectivity index (χ0) is 3.58. The van der Waals surface area contributed by atoms with Crippen LogP contribution in [0.25, 0.3) is 0 Å². The molecule has 0 unspecified atom stereocenters. The van der Waals surface area contributed by atoms with Gasteiger partial charge in [0.1, 0.15) is 0 Å². The van der Waals surface area contributed by atoms with Crippen molar-refractivity contribution in [2.45, 2.75) is 0 Å². The summed E-state index contributed by atoms with van der Waals surface area (Å²) in [5.41, 5.74) is 0. The molecule has 0 heterocycles. The first-order valence-corrected chi connectivity index (χ1v) is 1.95. The van der Waals surface area contributed by atoms with E-state index in [1.165, 1.54) is 0 Å². The molecule has 0 bridgehead atoms. The van der Waals surface area contributed by atoms with Crippen molar-refractivity contribution in [1.29, 1.82) is 0 Å². The van der Waals surface area contributed by atoms with Crippen molar-refractivity contribution in [3.8, 4) is 0 Å². The van der Waals surface area contributed by atoms with Crippen molar-refractivity contribution in [1.82, 2.24) is 0 Å². The molecule has 0 aliphatic carbocycles. The van der Waals surface area contributed by atoms with E-state index in [9.17, 15) is 0 Å². The summed E-state index contributed by atoms with van der Waals surface area (Å²) < 4.78 is 8.74. The van der Waals surface area contributed by atoms with Gasteiger partial charge in [-0.1, -0.05) is 0 Å². The van der Waals surface area contributed by atoms with Gasteiger partial charge in [-0.3, -0.25) is 4.57 Å². The van der Waals surface area contributed by atoms with Crippen LogP contribution in [0.15, 0.2) is 0 Å². The van der Waals surface area contributed by atoms with Crippen molar-refractivity contribution >= 4 is 34.5 Å². The standard InChI is InChI=1S/Bi.Mo.H3O3P.3H/c;;1-4(2)3;;;/h;;4H,(H2,1,2,3);;;. The van der Waals surface area contributed by atoms with E-state index < -0.39 is 8.25 Å². The molecule has 6 heavy (non-hydrogen) atoms. The molecule has 0 aromatic heterocycles. The van der Waals surface area contributed by atoms with Gasteiger partial charge in [0, 0.05) is 21.1 Å². The average molecular weight is 390 g/mol. The van der Waals surface area contributed by atoms with Crippen LogP contribution in [0, 0.1) is 0 Å². The predicted molar refractivity (Wildman–Crippen MR) is 23.4 cm³/mol. The van der Waals surface area contributed by atoms with Gasteiger partial charge in [-0.25, -0.2) is 0 Å².